The number of carbonyl (C=O) groups is 1. The summed E-state index contributed by atoms with van der Waals surface area (Å²) in [5, 5.41) is 22.8. The van der Waals surface area contributed by atoms with Crippen molar-refractivity contribution in [3.63, 3.8) is 0 Å². The first-order chi connectivity index (χ1) is 13.1. The average Bonchev–Trinajstić information content (AvgIpc) is 3.23. The fourth-order valence-corrected chi connectivity index (χ4v) is 3.97. The van der Waals surface area contributed by atoms with Crippen LogP contribution in [-0.4, -0.2) is 49.5 Å². The number of anilines is 1. The molecule has 0 bridgehead atoms. The number of fused-ring (bicyclic) bond motifs is 1. The number of amides is 1. The van der Waals surface area contributed by atoms with Crippen molar-refractivity contribution >= 4 is 45.3 Å². The molecular formula is C18H17IN4O4. The van der Waals surface area contributed by atoms with Crippen molar-refractivity contribution in [2.45, 2.75) is 24.9 Å². The number of ether oxygens (including phenoxy) is 1. The molecule has 1 aromatic carbocycles. The van der Waals surface area contributed by atoms with Gasteiger partial charge in [-0.25, -0.2) is 9.97 Å². The first-order valence-corrected chi connectivity index (χ1v) is 9.48. The maximum Gasteiger partial charge on any atom is 0.256 e. The third-order valence-corrected chi connectivity index (χ3v) is 5.34. The van der Waals surface area contributed by atoms with Crippen molar-refractivity contribution in [2.75, 3.05) is 11.9 Å². The highest BCUT2D eigenvalue weighted by atomic mass is 127. The molecule has 8 nitrogen and oxygen atoms in total. The summed E-state index contributed by atoms with van der Waals surface area (Å²) in [4.78, 5) is 21.1. The van der Waals surface area contributed by atoms with Gasteiger partial charge in [0.2, 0.25) is 0 Å². The minimum absolute atomic E-state index is 0.249. The lowest BCUT2D eigenvalue weighted by atomic mass is 10.2. The summed E-state index contributed by atoms with van der Waals surface area (Å²) in [5.74, 6) is 0.154. The maximum absolute atomic E-state index is 12.5. The molecule has 1 fully saturated rings. The van der Waals surface area contributed by atoms with Gasteiger partial charge in [-0.3, -0.25) is 4.79 Å². The van der Waals surface area contributed by atoms with Crippen LogP contribution in [0.2, 0.25) is 0 Å². The molecule has 27 heavy (non-hydrogen) atoms. The van der Waals surface area contributed by atoms with E-state index in [1.165, 1.54) is 6.33 Å². The highest BCUT2D eigenvalue weighted by Crippen LogP contribution is 2.35. The molecular weight excluding hydrogens is 463 g/mol. The Morgan fingerprint density at radius 2 is 2.11 bits per heavy atom. The molecule has 1 saturated heterocycles. The van der Waals surface area contributed by atoms with E-state index < -0.39 is 18.4 Å². The Morgan fingerprint density at radius 3 is 2.81 bits per heavy atom. The van der Waals surface area contributed by atoms with E-state index in [-0.39, 0.29) is 12.5 Å². The molecule has 1 aliphatic heterocycles. The Balaban J connectivity index is 1.68. The average molecular weight is 480 g/mol. The molecule has 3 heterocycles. The van der Waals surface area contributed by atoms with Gasteiger partial charge >= 0.3 is 0 Å². The van der Waals surface area contributed by atoms with Crippen LogP contribution < -0.4 is 5.32 Å². The monoisotopic (exact) mass is 480 g/mol. The standard InChI is InChI=1S/C18H17IN4O4/c19-11-7-23(14-6-12(25)13(8-24)27-14)17-15(11)16(20-9-21-17)22-18(26)10-4-2-1-3-5-10/h1-5,7,9,12-14,24-25H,6,8H2,(H,20,21,22,26)/t12-,13-,14-/m1/s1. The number of aliphatic hydroxyl groups is 2. The van der Waals surface area contributed by atoms with Gasteiger partial charge in [0.25, 0.3) is 5.91 Å². The van der Waals surface area contributed by atoms with Crippen molar-refractivity contribution < 1.29 is 19.7 Å². The molecule has 4 rings (SSSR count). The highest BCUT2D eigenvalue weighted by Gasteiger charge is 2.35. The van der Waals surface area contributed by atoms with Gasteiger partial charge in [-0.15, -0.1) is 0 Å². The van der Waals surface area contributed by atoms with Gasteiger partial charge in [0.15, 0.2) is 0 Å². The number of halogens is 1. The Bertz CT molecular complexity index is 978. The van der Waals surface area contributed by atoms with Crippen LogP contribution in [0.25, 0.3) is 11.0 Å². The van der Waals surface area contributed by atoms with E-state index in [1.807, 2.05) is 12.3 Å². The van der Waals surface area contributed by atoms with E-state index in [1.54, 1.807) is 28.8 Å². The Kier molecular flexibility index (Phi) is 5.08. The molecule has 140 valence electrons. The molecule has 0 unspecified atom stereocenters. The van der Waals surface area contributed by atoms with Gasteiger partial charge in [-0.1, -0.05) is 18.2 Å². The lowest BCUT2D eigenvalue weighted by Gasteiger charge is -2.14. The van der Waals surface area contributed by atoms with Crippen LogP contribution in [0, 0.1) is 3.57 Å². The Labute approximate surface area is 168 Å². The van der Waals surface area contributed by atoms with Crippen LogP contribution in [0.4, 0.5) is 5.82 Å². The van der Waals surface area contributed by atoms with Crippen molar-refractivity contribution in [2.24, 2.45) is 0 Å². The minimum Gasteiger partial charge on any atom is -0.394 e. The van der Waals surface area contributed by atoms with Crippen molar-refractivity contribution in [1.29, 1.82) is 0 Å². The summed E-state index contributed by atoms with van der Waals surface area (Å²) in [6.45, 7) is -0.249. The summed E-state index contributed by atoms with van der Waals surface area (Å²) in [6.07, 6.45) is 1.76. The highest BCUT2D eigenvalue weighted by molar-refractivity contribution is 14.1. The Morgan fingerprint density at radius 1 is 1.33 bits per heavy atom. The molecule has 0 spiro atoms. The topological polar surface area (TPSA) is 110 Å². The lowest BCUT2D eigenvalue weighted by molar-refractivity contribution is -0.0430. The zero-order chi connectivity index (χ0) is 19.0. The van der Waals surface area contributed by atoms with Crippen LogP contribution in [0.15, 0.2) is 42.9 Å². The molecule has 1 amide bonds. The number of nitrogens with zero attached hydrogens (tertiary/aromatic N) is 3. The van der Waals surface area contributed by atoms with E-state index in [0.717, 1.165) is 3.57 Å². The van der Waals surface area contributed by atoms with Gasteiger partial charge in [0.05, 0.1) is 18.1 Å². The van der Waals surface area contributed by atoms with Crippen molar-refractivity contribution in [3.8, 4) is 0 Å². The number of aromatic nitrogens is 3. The lowest BCUT2D eigenvalue weighted by Crippen LogP contribution is -2.24. The molecule has 3 atom stereocenters. The van der Waals surface area contributed by atoms with E-state index in [0.29, 0.717) is 28.8 Å². The third kappa shape index (κ3) is 3.43. The normalized spacial score (nSPS) is 22.3. The fourth-order valence-electron chi connectivity index (χ4n) is 3.17. The van der Waals surface area contributed by atoms with Crippen LogP contribution in [0.3, 0.4) is 0 Å². The molecule has 0 aliphatic carbocycles. The largest absolute Gasteiger partial charge is 0.394 e. The second-order valence-corrected chi connectivity index (χ2v) is 7.40. The van der Waals surface area contributed by atoms with Crippen LogP contribution in [-0.2, 0) is 4.74 Å². The fraction of sp³-hybridized carbons (Fsp3) is 0.278. The SMILES string of the molecule is O=C(Nc1ncnc2c1c(I)cn2[C@H]1C[C@@H](O)[C@@H](CO)O1)c1ccccc1. The smallest absolute Gasteiger partial charge is 0.256 e. The summed E-state index contributed by atoms with van der Waals surface area (Å²) in [5.41, 5.74) is 1.13. The molecule has 1 aliphatic rings. The predicted octanol–water partition coefficient (Wildman–Crippen LogP) is 1.93. The van der Waals surface area contributed by atoms with E-state index in [2.05, 4.69) is 37.9 Å². The number of carbonyl (C=O) groups excluding carboxylic acids is 1. The van der Waals surface area contributed by atoms with Gasteiger partial charge in [0.1, 0.15) is 30.1 Å². The number of benzene rings is 1. The number of aliphatic hydroxyl groups excluding tert-OH is 2. The molecule has 3 aromatic rings. The quantitative estimate of drug-likeness (QED) is 0.493. The third-order valence-electron chi connectivity index (χ3n) is 4.53. The predicted molar refractivity (Wildman–Crippen MR) is 106 cm³/mol. The first-order valence-electron chi connectivity index (χ1n) is 8.40. The zero-order valence-electron chi connectivity index (χ0n) is 14.1. The molecule has 9 heteroatoms. The second kappa shape index (κ2) is 7.50. The van der Waals surface area contributed by atoms with E-state index in [9.17, 15) is 15.0 Å². The summed E-state index contributed by atoms with van der Waals surface area (Å²) in [7, 11) is 0. The number of hydrogen-bond acceptors (Lipinski definition) is 6. The van der Waals surface area contributed by atoms with Crippen LogP contribution in [0.5, 0.6) is 0 Å². The minimum atomic E-state index is -0.741. The van der Waals surface area contributed by atoms with Gasteiger partial charge < -0.3 is 24.8 Å². The van der Waals surface area contributed by atoms with Crippen molar-refractivity contribution in [1.82, 2.24) is 14.5 Å². The van der Waals surface area contributed by atoms with E-state index >= 15 is 0 Å². The van der Waals surface area contributed by atoms with Crippen molar-refractivity contribution in [3.05, 3.63) is 52.0 Å². The van der Waals surface area contributed by atoms with Gasteiger partial charge in [-0.2, -0.15) is 0 Å². The molecule has 0 saturated carbocycles. The van der Waals surface area contributed by atoms with Gasteiger partial charge in [-0.05, 0) is 34.7 Å². The van der Waals surface area contributed by atoms with E-state index in [4.69, 9.17) is 4.74 Å². The molecule has 3 N–H and O–H groups in total. The summed E-state index contributed by atoms with van der Waals surface area (Å²) in [6, 6.07) is 8.90. The molecule has 2 aromatic heterocycles. The first kappa shape index (κ1) is 18.3. The second-order valence-electron chi connectivity index (χ2n) is 6.24. The number of hydrogen-bond donors (Lipinski definition) is 3. The number of rotatable bonds is 4. The van der Waals surface area contributed by atoms with Gasteiger partial charge in [0, 0.05) is 21.8 Å². The Hall–Kier alpha value is -2.08. The summed E-state index contributed by atoms with van der Waals surface area (Å²) >= 11 is 2.15. The van der Waals surface area contributed by atoms with Crippen LogP contribution >= 0.6 is 22.6 Å². The molecule has 0 radical (unpaired) electrons. The maximum atomic E-state index is 12.5. The van der Waals surface area contributed by atoms with Crippen LogP contribution in [0.1, 0.15) is 23.0 Å². The summed E-state index contributed by atoms with van der Waals surface area (Å²) < 4.78 is 8.38. The zero-order valence-corrected chi connectivity index (χ0v) is 16.3. The number of nitrogens with one attached hydrogen (secondary N) is 1.